The smallest absolute Gasteiger partial charge is 0.358 e. The summed E-state index contributed by atoms with van der Waals surface area (Å²) < 4.78 is 5.18. The fraction of sp³-hybridized carbons (Fsp3) is 0.143. The predicted molar refractivity (Wildman–Crippen MR) is 84.0 cm³/mol. The zero-order valence-electron chi connectivity index (χ0n) is 11.0. The molecule has 0 atom stereocenters. The van der Waals surface area contributed by atoms with Gasteiger partial charge in [0.25, 0.3) is 0 Å². The van der Waals surface area contributed by atoms with Crippen LogP contribution in [0.4, 0.5) is 5.69 Å². The summed E-state index contributed by atoms with van der Waals surface area (Å²) >= 11 is 17.5. The molecule has 0 radical (unpaired) electrons. The number of nitrogen functional groups attached to an aromatic ring is 1. The molecule has 0 saturated carbocycles. The SMILES string of the molecule is Cc1ccccc1COC(=O)c1nc(Cl)c(Cl)c(N)c1Cl. The number of carbonyl (C=O) groups is 1. The van der Waals surface area contributed by atoms with Crippen molar-refractivity contribution >= 4 is 46.5 Å². The monoisotopic (exact) mass is 344 g/mol. The summed E-state index contributed by atoms with van der Waals surface area (Å²) in [5, 5.41) is -0.155. The van der Waals surface area contributed by atoms with Gasteiger partial charge in [-0.05, 0) is 18.1 Å². The summed E-state index contributed by atoms with van der Waals surface area (Å²) in [6.45, 7) is 2.02. The van der Waals surface area contributed by atoms with Crippen molar-refractivity contribution in [2.75, 3.05) is 5.73 Å². The normalized spacial score (nSPS) is 10.5. The third-order valence-corrected chi connectivity index (χ3v) is 4.02. The van der Waals surface area contributed by atoms with Gasteiger partial charge in [-0.15, -0.1) is 0 Å². The molecule has 0 aliphatic rings. The second-order valence-corrected chi connectivity index (χ2v) is 5.41. The first-order valence-corrected chi connectivity index (χ1v) is 7.06. The van der Waals surface area contributed by atoms with Gasteiger partial charge in [-0.3, -0.25) is 0 Å². The molecule has 1 aromatic heterocycles. The molecule has 0 saturated heterocycles. The number of aromatic nitrogens is 1. The van der Waals surface area contributed by atoms with Crippen LogP contribution in [0.1, 0.15) is 21.6 Å². The maximum atomic E-state index is 12.0. The molecule has 4 nitrogen and oxygen atoms in total. The van der Waals surface area contributed by atoms with Crippen LogP contribution in [0.25, 0.3) is 0 Å². The molecular weight excluding hydrogens is 335 g/mol. The van der Waals surface area contributed by atoms with Crippen LogP contribution in [0, 0.1) is 6.92 Å². The van der Waals surface area contributed by atoms with Gasteiger partial charge >= 0.3 is 5.97 Å². The van der Waals surface area contributed by atoms with Gasteiger partial charge < -0.3 is 10.5 Å². The Bertz CT molecular complexity index is 705. The van der Waals surface area contributed by atoms with E-state index >= 15 is 0 Å². The number of esters is 1. The number of anilines is 1. The van der Waals surface area contributed by atoms with E-state index in [1.54, 1.807) is 0 Å². The molecular formula is C14H11Cl3N2O2. The highest BCUT2D eigenvalue weighted by atomic mass is 35.5. The van der Waals surface area contributed by atoms with E-state index in [4.69, 9.17) is 45.3 Å². The van der Waals surface area contributed by atoms with Crippen LogP contribution in [-0.2, 0) is 11.3 Å². The fourth-order valence-electron chi connectivity index (χ4n) is 1.65. The maximum Gasteiger partial charge on any atom is 0.358 e. The van der Waals surface area contributed by atoms with Crippen molar-refractivity contribution in [1.29, 1.82) is 0 Å². The van der Waals surface area contributed by atoms with Crippen molar-refractivity contribution in [2.24, 2.45) is 0 Å². The van der Waals surface area contributed by atoms with Crippen molar-refractivity contribution < 1.29 is 9.53 Å². The first-order chi connectivity index (χ1) is 9.91. The number of ether oxygens (including phenoxy) is 1. The lowest BCUT2D eigenvalue weighted by Gasteiger charge is -2.10. The van der Waals surface area contributed by atoms with Crippen LogP contribution in [-0.4, -0.2) is 11.0 Å². The second kappa shape index (κ2) is 6.52. The van der Waals surface area contributed by atoms with E-state index in [-0.39, 0.29) is 33.2 Å². The summed E-state index contributed by atoms with van der Waals surface area (Å²) in [7, 11) is 0. The highest BCUT2D eigenvalue weighted by Crippen LogP contribution is 2.34. The van der Waals surface area contributed by atoms with Crippen molar-refractivity contribution in [3.05, 3.63) is 56.3 Å². The quantitative estimate of drug-likeness (QED) is 0.665. The fourth-order valence-corrected chi connectivity index (χ4v) is 2.24. The van der Waals surface area contributed by atoms with Gasteiger partial charge in [0.2, 0.25) is 0 Å². The van der Waals surface area contributed by atoms with Crippen LogP contribution >= 0.6 is 34.8 Å². The molecule has 7 heteroatoms. The molecule has 0 unspecified atom stereocenters. The largest absolute Gasteiger partial charge is 0.456 e. The topological polar surface area (TPSA) is 65.2 Å². The molecule has 1 aromatic carbocycles. The minimum absolute atomic E-state index is 0.00109. The van der Waals surface area contributed by atoms with E-state index in [1.807, 2.05) is 31.2 Å². The van der Waals surface area contributed by atoms with E-state index in [9.17, 15) is 4.79 Å². The predicted octanol–water partition coefficient (Wildman–Crippen LogP) is 4.29. The maximum absolute atomic E-state index is 12.0. The number of nitrogens with two attached hydrogens (primary N) is 1. The number of carbonyl (C=O) groups excluding carboxylic acids is 1. The third kappa shape index (κ3) is 3.40. The molecule has 110 valence electrons. The molecule has 2 aromatic rings. The summed E-state index contributed by atoms with van der Waals surface area (Å²) in [4.78, 5) is 15.9. The Morgan fingerprint density at radius 2 is 1.90 bits per heavy atom. The van der Waals surface area contributed by atoms with Crippen molar-refractivity contribution in [3.63, 3.8) is 0 Å². The number of pyridine rings is 1. The van der Waals surface area contributed by atoms with Gasteiger partial charge in [0.1, 0.15) is 11.6 Å². The van der Waals surface area contributed by atoms with Crippen molar-refractivity contribution in [3.8, 4) is 0 Å². The average Bonchev–Trinajstić information content (AvgIpc) is 2.47. The lowest BCUT2D eigenvalue weighted by atomic mass is 10.1. The zero-order chi connectivity index (χ0) is 15.6. The van der Waals surface area contributed by atoms with Crippen LogP contribution in [0.3, 0.4) is 0 Å². The Balaban J connectivity index is 2.20. The van der Waals surface area contributed by atoms with Crippen molar-refractivity contribution in [2.45, 2.75) is 13.5 Å². The minimum atomic E-state index is -0.714. The first-order valence-electron chi connectivity index (χ1n) is 5.93. The van der Waals surface area contributed by atoms with E-state index < -0.39 is 5.97 Å². The molecule has 0 spiro atoms. The van der Waals surface area contributed by atoms with E-state index in [0.717, 1.165) is 11.1 Å². The van der Waals surface area contributed by atoms with Gasteiger partial charge in [0.15, 0.2) is 10.8 Å². The summed E-state index contributed by atoms with van der Waals surface area (Å²) in [5.74, 6) is -0.714. The Hall–Kier alpha value is -1.49. The number of aryl methyl sites for hydroxylation is 1. The van der Waals surface area contributed by atoms with Crippen LogP contribution in [0.15, 0.2) is 24.3 Å². The average molecular weight is 346 g/mol. The molecule has 0 fully saturated rings. The number of rotatable bonds is 3. The molecule has 2 N–H and O–H groups in total. The zero-order valence-corrected chi connectivity index (χ0v) is 13.3. The lowest BCUT2D eigenvalue weighted by molar-refractivity contribution is 0.0465. The Labute approximate surface area is 136 Å². The Morgan fingerprint density at radius 1 is 1.24 bits per heavy atom. The van der Waals surface area contributed by atoms with Gasteiger partial charge in [-0.25, -0.2) is 9.78 Å². The van der Waals surface area contributed by atoms with Gasteiger partial charge in [0.05, 0.1) is 10.7 Å². The van der Waals surface area contributed by atoms with Crippen molar-refractivity contribution in [1.82, 2.24) is 4.98 Å². The van der Waals surface area contributed by atoms with Gasteiger partial charge in [-0.1, -0.05) is 59.1 Å². The van der Waals surface area contributed by atoms with E-state index in [2.05, 4.69) is 4.98 Å². The number of halogens is 3. The molecule has 0 amide bonds. The Morgan fingerprint density at radius 3 is 2.57 bits per heavy atom. The molecule has 2 rings (SSSR count). The number of hydrogen-bond donors (Lipinski definition) is 1. The second-order valence-electron chi connectivity index (χ2n) is 4.30. The number of benzene rings is 1. The lowest BCUT2D eigenvalue weighted by Crippen LogP contribution is -2.10. The highest BCUT2D eigenvalue weighted by molar-refractivity contribution is 6.46. The van der Waals surface area contributed by atoms with Crippen LogP contribution < -0.4 is 5.73 Å². The van der Waals surface area contributed by atoms with E-state index in [1.165, 1.54) is 0 Å². The number of nitrogens with zero attached hydrogens (tertiary/aromatic N) is 1. The number of hydrogen-bond acceptors (Lipinski definition) is 4. The molecule has 0 bridgehead atoms. The summed E-state index contributed by atoms with van der Waals surface area (Å²) in [6.07, 6.45) is 0. The van der Waals surface area contributed by atoms with Gasteiger partial charge in [-0.2, -0.15) is 0 Å². The van der Waals surface area contributed by atoms with Crippen LogP contribution in [0.2, 0.25) is 15.2 Å². The molecule has 21 heavy (non-hydrogen) atoms. The summed E-state index contributed by atoms with van der Waals surface area (Å²) in [5.41, 5.74) is 7.40. The van der Waals surface area contributed by atoms with E-state index in [0.29, 0.717) is 0 Å². The van der Waals surface area contributed by atoms with Crippen LogP contribution in [0.5, 0.6) is 0 Å². The molecule has 0 aliphatic carbocycles. The standard InChI is InChI=1S/C14H11Cl3N2O2/c1-7-4-2-3-5-8(7)6-21-14(20)12-9(15)11(18)10(16)13(17)19-12/h2-5H,6H2,1H3,(H2,18,19). The molecule has 0 aliphatic heterocycles. The first kappa shape index (κ1) is 15.9. The third-order valence-electron chi connectivity index (χ3n) is 2.89. The Kier molecular flexibility index (Phi) is 4.93. The van der Waals surface area contributed by atoms with Gasteiger partial charge in [0, 0.05) is 0 Å². The molecule has 1 heterocycles. The highest BCUT2D eigenvalue weighted by Gasteiger charge is 2.21. The minimum Gasteiger partial charge on any atom is -0.456 e. The summed E-state index contributed by atoms with van der Waals surface area (Å²) in [6, 6.07) is 7.55.